The largest absolute Gasteiger partial charge is 0.308 e. The van der Waals surface area contributed by atoms with Gasteiger partial charge in [0.1, 0.15) is 12.1 Å². The lowest BCUT2D eigenvalue weighted by molar-refractivity contribution is 1.12. The van der Waals surface area contributed by atoms with E-state index in [-0.39, 0.29) is 0 Å². The summed E-state index contributed by atoms with van der Waals surface area (Å²) >= 11 is 0. The topological polar surface area (TPSA) is 128 Å². The van der Waals surface area contributed by atoms with Gasteiger partial charge in [0.2, 0.25) is 0 Å². The van der Waals surface area contributed by atoms with Crippen LogP contribution in [0.2, 0.25) is 0 Å². The van der Waals surface area contributed by atoms with Gasteiger partial charge in [-0.15, -0.1) is 0 Å². The molecular formula is C35H18N8. The fourth-order valence-electron chi connectivity index (χ4n) is 5.29. The minimum absolute atomic E-state index is 0.359. The SMILES string of the molecule is N#Cc1cnc(-c2ccc(-n3c4ccccc4c4ccc(-c5cccc(C#N)c5)cc43)c(-c3ncc(C#N)cn3)c2)nc1. The van der Waals surface area contributed by atoms with Crippen LogP contribution in [0, 0.1) is 34.0 Å². The van der Waals surface area contributed by atoms with E-state index in [1.807, 2.05) is 54.6 Å². The van der Waals surface area contributed by atoms with Gasteiger partial charge in [0.15, 0.2) is 11.6 Å². The van der Waals surface area contributed by atoms with Crippen molar-refractivity contribution < 1.29 is 0 Å². The molecule has 8 heteroatoms. The van der Waals surface area contributed by atoms with Gasteiger partial charge in [-0.3, -0.25) is 0 Å². The average Bonchev–Trinajstić information content (AvgIpc) is 3.41. The summed E-state index contributed by atoms with van der Waals surface area (Å²) in [5.41, 5.74) is 7.50. The van der Waals surface area contributed by atoms with Gasteiger partial charge >= 0.3 is 0 Å². The van der Waals surface area contributed by atoms with Crippen LogP contribution in [0.4, 0.5) is 0 Å². The average molecular weight is 551 g/mol. The predicted molar refractivity (Wildman–Crippen MR) is 162 cm³/mol. The number of hydrogen-bond acceptors (Lipinski definition) is 7. The molecule has 0 amide bonds. The molecular weight excluding hydrogens is 532 g/mol. The molecule has 0 radical (unpaired) electrons. The first-order chi connectivity index (χ1) is 21.2. The molecule has 7 rings (SSSR count). The molecule has 3 aromatic heterocycles. The van der Waals surface area contributed by atoms with E-state index in [0.29, 0.717) is 28.3 Å². The van der Waals surface area contributed by atoms with Crippen molar-refractivity contribution in [2.45, 2.75) is 0 Å². The molecule has 0 spiro atoms. The molecule has 4 aromatic carbocycles. The third-order valence-electron chi connectivity index (χ3n) is 7.30. The molecule has 3 heterocycles. The lowest BCUT2D eigenvalue weighted by atomic mass is 10.0. The quantitative estimate of drug-likeness (QED) is 0.231. The maximum Gasteiger partial charge on any atom is 0.161 e. The molecule has 0 saturated carbocycles. The van der Waals surface area contributed by atoms with Crippen LogP contribution in [0.1, 0.15) is 16.7 Å². The zero-order valence-corrected chi connectivity index (χ0v) is 22.5. The maximum atomic E-state index is 9.46. The molecule has 0 atom stereocenters. The van der Waals surface area contributed by atoms with E-state index in [1.54, 1.807) is 6.07 Å². The monoisotopic (exact) mass is 550 g/mol. The van der Waals surface area contributed by atoms with Gasteiger partial charge in [-0.1, -0.05) is 42.5 Å². The summed E-state index contributed by atoms with van der Waals surface area (Å²) in [6, 6.07) is 34.3. The fraction of sp³-hybridized carbons (Fsp3) is 0. The van der Waals surface area contributed by atoms with Crippen LogP contribution < -0.4 is 0 Å². The van der Waals surface area contributed by atoms with E-state index in [4.69, 9.17) is 0 Å². The van der Waals surface area contributed by atoms with E-state index in [1.165, 1.54) is 24.8 Å². The molecule has 0 fully saturated rings. The van der Waals surface area contributed by atoms with E-state index in [0.717, 1.165) is 49.7 Å². The van der Waals surface area contributed by atoms with Crippen LogP contribution in [0.25, 0.3) is 61.4 Å². The van der Waals surface area contributed by atoms with Crippen molar-refractivity contribution in [3.8, 4) is 57.8 Å². The van der Waals surface area contributed by atoms with Crippen LogP contribution in [-0.4, -0.2) is 24.5 Å². The number of benzene rings is 4. The van der Waals surface area contributed by atoms with Gasteiger partial charge in [0.25, 0.3) is 0 Å². The summed E-state index contributed by atoms with van der Waals surface area (Å²) < 4.78 is 2.18. The van der Waals surface area contributed by atoms with Gasteiger partial charge in [-0.05, 0) is 53.6 Å². The van der Waals surface area contributed by atoms with Gasteiger partial charge in [0, 0.05) is 46.7 Å². The smallest absolute Gasteiger partial charge is 0.161 e. The second kappa shape index (κ2) is 10.4. The molecule has 43 heavy (non-hydrogen) atoms. The Kier molecular flexibility index (Phi) is 6.10. The summed E-state index contributed by atoms with van der Waals surface area (Å²) in [5, 5.41) is 30.1. The third kappa shape index (κ3) is 4.40. The second-order valence-electron chi connectivity index (χ2n) is 9.82. The Morgan fingerprint density at radius 2 is 1.12 bits per heavy atom. The highest BCUT2D eigenvalue weighted by atomic mass is 15.0. The standard InChI is InChI=1S/C35H18N8/c36-15-22-4-3-5-25(12-22)26-8-10-29-28-6-1-2-7-31(28)43(33(29)14-26)32-11-9-27(34-39-18-23(16-37)19-40-34)13-30(32)35-41-20-24(17-38)21-42-35/h1-14,18-21H. The Balaban J connectivity index is 1.51. The van der Waals surface area contributed by atoms with Gasteiger partial charge in [-0.2, -0.15) is 15.8 Å². The van der Waals surface area contributed by atoms with Crippen LogP contribution in [0.15, 0.2) is 110 Å². The van der Waals surface area contributed by atoms with Crippen molar-refractivity contribution in [2.24, 2.45) is 0 Å². The van der Waals surface area contributed by atoms with E-state index < -0.39 is 0 Å². The van der Waals surface area contributed by atoms with E-state index in [2.05, 4.69) is 67.0 Å². The summed E-state index contributed by atoms with van der Waals surface area (Å²) in [6.07, 6.45) is 5.99. The molecule has 0 aliphatic carbocycles. The zero-order valence-electron chi connectivity index (χ0n) is 22.5. The molecule has 0 N–H and O–H groups in total. The minimum Gasteiger partial charge on any atom is -0.308 e. The number of para-hydroxylation sites is 1. The lowest BCUT2D eigenvalue weighted by Crippen LogP contribution is -2.01. The maximum absolute atomic E-state index is 9.46. The van der Waals surface area contributed by atoms with Crippen LogP contribution in [-0.2, 0) is 0 Å². The molecule has 0 aliphatic rings. The number of hydrogen-bond donors (Lipinski definition) is 0. The van der Waals surface area contributed by atoms with Gasteiger partial charge in [0.05, 0.1) is 39.5 Å². The molecule has 0 unspecified atom stereocenters. The van der Waals surface area contributed by atoms with Crippen molar-refractivity contribution in [3.05, 3.63) is 126 Å². The summed E-state index contributed by atoms with van der Waals surface area (Å²) in [6.45, 7) is 0. The first-order valence-corrected chi connectivity index (χ1v) is 13.3. The van der Waals surface area contributed by atoms with Gasteiger partial charge < -0.3 is 4.57 Å². The molecule has 198 valence electrons. The molecule has 7 aromatic rings. The zero-order chi connectivity index (χ0) is 29.3. The second-order valence-corrected chi connectivity index (χ2v) is 9.82. The number of fused-ring (bicyclic) bond motifs is 3. The van der Waals surface area contributed by atoms with E-state index >= 15 is 0 Å². The third-order valence-corrected chi connectivity index (χ3v) is 7.30. The number of aromatic nitrogens is 5. The van der Waals surface area contributed by atoms with Crippen molar-refractivity contribution in [2.75, 3.05) is 0 Å². The first-order valence-electron chi connectivity index (χ1n) is 13.3. The van der Waals surface area contributed by atoms with Gasteiger partial charge in [-0.25, -0.2) is 19.9 Å². The normalized spacial score (nSPS) is 10.7. The Bertz CT molecular complexity index is 2310. The van der Waals surface area contributed by atoms with Crippen molar-refractivity contribution in [1.29, 1.82) is 15.8 Å². The Hall–Kier alpha value is -6.69. The summed E-state index contributed by atoms with van der Waals surface area (Å²) in [5.74, 6) is 0.899. The Morgan fingerprint density at radius 3 is 1.84 bits per heavy atom. The minimum atomic E-state index is 0.359. The van der Waals surface area contributed by atoms with Crippen LogP contribution in [0.3, 0.4) is 0 Å². The highest BCUT2D eigenvalue weighted by Gasteiger charge is 2.19. The van der Waals surface area contributed by atoms with Crippen molar-refractivity contribution >= 4 is 21.8 Å². The first kappa shape index (κ1) is 25.3. The Morgan fingerprint density at radius 1 is 0.488 bits per heavy atom. The summed E-state index contributed by atoms with van der Waals surface area (Å²) in [7, 11) is 0. The van der Waals surface area contributed by atoms with Crippen molar-refractivity contribution in [3.63, 3.8) is 0 Å². The highest BCUT2D eigenvalue weighted by Crippen LogP contribution is 2.38. The molecule has 0 saturated heterocycles. The number of rotatable bonds is 4. The van der Waals surface area contributed by atoms with Crippen LogP contribution in [0.5, 0.6) is 0 Å². The summed E-state index contributed by atoms with van der Waals surface area (Å²) in [4.78, 5) is 17.8. The van der Waals surface area contributed by atoms with Crippen LogP contribution >= 0.6 is 0 Å². The lowest BCUT2D eigenvalue weighted by Gasteiger charge is -2.15. The molecule has 0 bridgehead atoms. The highest BCUT2D eigenvalue weighted by molar-refractivity contribution is 6.10. The molecule has 8 nitrogen and oxygen atoms in total. The number of nitriles is 3. The van der Waals surface area contributed by atoms with E-state index in [9.17, 15) is 15.8 Å². The molecule has 0 aliphatic heterocycles. The Labute approximate surface area is 246 Å². The van der Waals surface area contributed by atoms with Crippen molar-refractivity contribution in [1.82, 2.24) is 24.5 Å². The number of nitrogens with zero attached hydrogens (tertiary/aromatic N) is 8. The predicted octanol–water partition coefficient (Wildman–Crippen LogP) is 6.98. The fourth-order valence-corrected chi connectivity index (χ4v) is 5.29.